The lowest BCUT2D eigenvalue weighted by molar-refractivity contribution is 0.325. The van der Waals surface area contributed by atoms with Gasteiger partial charge in [-0.25, -0.2) is 9.97 Å². The smallest absolute Gasteiger partial charge is 0.211 e. The van der Waals surface area contributed by atoms with Gasteiger partial charge in [0.1, 0.15) is 16.6 Å². The number of pyridine rings is 1. The molecule has 7 nitrogen and oxygen atoms in total. The van der Waals surface area contributed by atoms with E-state index in [1.54, 1.807) is 11.3 Å². The second-order valence-electron chi connectivity index (χ2n) is 6.81. The van der Waals surface area contributed by atoms with Crippen LogP contribution in [-0.4, -0.2) is 43.1 Å². The van der Waals surface area contributed by atoms with Gasteiger partial charge in [0, 0.05) is 43.2 Å². The van der Waals surface area contributed by atoms with Gasteiger partial charge >= 0.3 is 0 Å². The number of rotatable bonds is 6. The predicted molar refractivity (Wildman–Crippen MR) is 106 cm³/mol. The number of likely N-dealkylation sites (tertiary alicyclic amines) is 1. The fourth-order valence-electron chi connectivity index (χ4n) is 3.33. The largest absolute Gasteiger partial charge is 0.315 e. The van der Waals surface area contributed by atoms with Gasteiger partial charge in [-0.3, -0.25) is 9.88 Å². The second-order valence-corrected chi connectivity index (χ2v) is 7.88. The maximum Gasteiger partial charge on any atom is 0.211 e. The van der Waals surface area contributed by atoms with E-state index >= 15 is 0 Å². The Morgan fingerprint density at radius 1 is 1.30 bits per heavy atom. The van der Waals surface area contributed by atoms with Crippen LogP contribution in [0.1, 0.15) is 41.4 Å². The molecule has 1 N–H and O–H groups in total. The first-order valence-electron chi connectivity index (χ1n) is 9.26. The lowest BCUT2D eigenvalue weighted by Gasteiger charge is -2.16. The molecule has 0 bridgehead atoms. The number of aryl methyl sites for hydroxylation is 2. The summed E-state index contributed by atoms with van der Waals surface area (Å²) in [5, 5.41) is 13.4. The van der Waals surface area contributed by atoms with E-state index in [9.17, 15) is 0 Å². The standard InChI is InChI=1S/C19H23N7S/c1-3-17-24-25-19(27-17)23-16-9-13(2)21-18(22-16)15-6-8-26(12-15)11-14-5-4-7-20-10-14/h4-5,7,9-10,15H,3,6,8,11-12H2,1-2H3,(H,21,22,23,25)/t15-/m0/s1. The van der Waals surface area contributed by atoms with Crippen LogP contribution in [0, 0.1) is 6.92 Å². The van der Waals surface area contributed by atoms with Crippen LogP contribution >= 0.6 is 11.3 Å². The highest BCUT2D eigenvalue weighted by atomic mass is 32.1. The molecule has 3 aromatic heterocycles. The zero-order valence-corrected chi connectivity index (χ0v) is 16.4. The van der Waals surface area contributed by atoms with Gasteiger partial charge in [-0.05, 0) is 37.9 Å². The zero-order chi connectivity index (χ0) is 18.6. The molecule has 0 amide bonds. The molecule has 8 heteroatoms. The summed E-state index contributed by atoms with van der Waals surface area (Å²) in [6, 6.07) is 6.07. The molecule has 0 aromatic carbocycles. The van der Waals surface area contributed by atoms with E-state index in [2.05, 4.69) is 38.4 Å². The lowest BCUT2D eigenvalue weighted by Crippen LogP contribution is -2.20. The number of aromatic nitrogens is 5. The normalized spacial score (nSPS) is 17.3. The Morgan fingerprint density at radius 2 is 2.22 bits per heavy atom. The lowest BCUT2D eigenvalue weighted by atomic mass is 10.1. The quantitative estimate of drug-likeness (QED) is 0.701. The maximum atomic E-state index is 4.77. The van der Waals surface area contributed by atoms with Crippen LogP contribution in [-0.2, 0) is 13.0 Å². The van der Waals surface area contributed by atoms with Crippen molar-refractivity contribution in [1.82, 2.24) is 30.0 Å². The predicted octanol–water partition coefficient (Wildman–Crippen LogP) is 3.33. The van der Waals surface area contributed by atoms with Crippen LogP contribution in [0.2, 0.25) is 0 Å². The molecule has 0 spiro atoms. The van der Waals surface area contributed by atoms with Crippen LogP contribution in [0.3, 0.4) is 0 Å². The van der Waals surface area contributed by atoms with Gasteiger partial charge in [-0.15, -0.1) is 10.2 Å². The van der Waals surface area contributed by atoms with Crippen molar-refractivity contribution in [3.63, 3.8) is 0 Å². The number of anilines is 2. The summed E-state index contributed by atoms with van der Waals surface area (Å²) in [5.74, 6) is 2.05. The summed E-state index contributed by atoms with van der Waals surface area (Å²) in [4.78, 5) is 16.1. The van der Waals surface area contributed by atoms with Gasteiger partial charge in [-0.2, -0.15) is 0 Å². The van der Waals surface area contributed by atoms with E-state index in [1.807, 2.05) is 31.5 Å². The van der Waals surface area contributed by atoms with Crippen LogP contribution in [0.4, 0.5) is 10.9 Å². The summed E-state index contributed by atoms with van der Waals surface area (Å²) in [5.41, 5.74) is 2.21. The van der Waals surface area contributed by atoms with Crippen LogP contribution in [0.5, 0.6) is 0 Å². The molecule has 1 atom stereocenters. The summed E-state index contributed by atoms with van der Waals surface area (Å²) >= 11 is 1.57. The monoisotopic (exact) mass is 381 g/mol. The highest BCUT2D eigenvalue weighted by Crippen LogP contribution is 2.28. The van der Waals surface area contributed by atoms with Crippen LogP contribution in [0.15, 0.2) is 30.6 Å². The number of nitrogens with one attached hydrogen (secondary N) is 1. The minimum atomic E-state index is 0.350. The third kappa shape index (κ3) is 4.45. The van der Waals surface area contributed by atoms with Gasteiger partial charge in [0.2, 0.25) is 5.13 Å². The van der Waals surface area contributed by atoms with Gasteiger partial charge in [0.15, 0.2) is 0 Å². The van der Waals surface area contributed by atoms with E-state index in [4.69, 9.17) is 9.97 Å². The molecule has 140 valence electrons. The van der Waals surface area contributed by atoms with E-state index in [0.717, 1.165) is 60.0 Å². The molecule has 3 aromatic rings. The fraction of sp³-hybridized carbons (Fsp3) is 0.421. The maximum absolute atomic E-state index is 4.77. The van der Waals surface area contributed by atoms with E-state index < -0.39 is 0 Å². The van der Waals surface area contributed by atoms with Crippen molar-refractivity contribution in [1.29, 1.82) is 0 Å². The molecular weight excluding hydrogens is 358 g/mol. The third-order valence-electron chi connectivity index (χ3n) is 4.64. The Kier molecular flexibility index (Phi) is 5.35. The highest BCUT2D eigenvalue weighted by molar-refractivity contribution is 7.15. The van der Waals surface area contributed by atoms with E-state index in [-0.39, 0.29) is 0 Å². The topological polar surface area (TPSA) is 79.7 Å². The van der Waals surface area contributed by atoms with Gasteiger partial charge in [-0.1, -0.05) is 24.3 Å². The molecule has 0 aliphatic carbocycles. The Morgan fingerprint density at radius 3 is 3.00 bits per heavy atom. The van der Waals surface area contributed by atoms with E-state index in [1.165, 1.54) is 5.56 Å². The molecule has 1 saturated heterocycles. The van der Waals surface area contributed by atoms with Crippen molar-refractivity contribution in [3.05, 3.63) is 52.7 Å². The number of hydrogen-bond acceptors (Lipinski definition) is 8. The molecule has 4 heterocycles. The van der Waals surface area contributed by atoms with Gasteiger partial charge in [0.05, 0.1) is 0 Å². The molecule has 0 saturated carbocycles. The van der Waals surface area contributed by atoms with E-state index in [0.29, 0.717) is 5.92 Å². The Labute approximate surface area is 162 Å². The van der Waals surface area contributed by atoms with Crippen molar-refractivity contribution < 1.29 is 0 Å². The van der Waals surface area contributed by atoms with Crippen molar-refractivity contribution in [2.75, 3.05) is 18.4 Å². The summed E-state index contributed by atoms with van der Waals surface area (Å²) in [7, 11) is 0. The first-order chi connectivity index (χ1) is 13.2. The average molecular weight is 382 g/mol. The van der Waals surface area contributed by atoms with Gasteiger partial charge < -0.3 is 5.32 Å². The summed E-state index contributed by atoms with van der Waals surface area (Å²) in [6.45, 7) is 7.03. The molecule has 1 fully saturated rings. The molecule has 27 heavy (non-hydrogen) atoms. The number of nitrogens with zero attached hydrogens (tertiary/aromatic N) is 6. The molecule has 1 aliphatic heterocycles. The minimum absolute atomic E-state index is 0.350. The summed E-state index contributed by atoms with van der Waals surface area (Å²) in [6.07, 6.45) is 5.71. The van der Waals surface area contributed by atoms with Crippen LogP contribution < -0.4 is 5.32 Å². The Hall–Kier alpha value is -2.45. The molecule has 0 radical (unpaired) electrons. The fourth-order valence-corrected chi connectivity index (χ4v) is 4.02. The zero-order valence-electron chi connectivity index (χ0n) is 15.6. The molecular formula is C19H23N7S. The first kappa shape index (κ1) is 17.9. The highest BCUT2D eigenvalue weighted by Gasteiger charge is 2.26. The van der Waals surface area contributed by atoms with Gasteiger partial charge in [0.25, 0.3) is 0 Å². The van der Waals surface area contributed by atoms with Crippen molar-refractivity contribution >= 4 is 22.3 Å². The summed E-state index contributed by atoms with van der Waals surface area (Å²) < 4.78 is 0. The Bertz CT molecular complexity index is 896. The second kappa shape index (κ2) is 8.06. The van der Waals surface area contributed by atoms with Crippen LogP contribution in [0.25, 0.3) is 0 Å². The molecule has 1 aliphatic rings. The van der Waals surface area contributed by atoms with Crippen molar-refractivity contribution in [2.45, 2.75) is 39.2 Å². The number of hydrogen-bond donors (Lipinski definition) is 1. The van der Waals surface area contributed by atoms with Crippen molar-refractivity contribution in [3.8, 4) is 0 Å². The minimum Gasteiger partial charge on any atom is -0.315 e. The SMILES string of the molecule is CCc1nnc(Nc2cc(C)nc([C@H]3CCN(Cc4cccnc4)C3)n2)s1. The third-order valence-corrected chi connectivity index (χ3v) is 5.63. The Balaban J connectivity index is 1.45. The van der Waals surface area contributed by atoms with Crippen molar-refractivity contribution in [2.24, 2.45) is 0 Å². The molecule has 0 unspecified atom stereocenters. The first-order valence-corrected chi connectivity index (χ1v) is 10.1. The average Bonchev–Trinajstić information content (AvgIpc) is 3.31. The molecule has 4 rings (SSSR count).